The number of hydrogen-bond acceptors (Lipinski definition) is 39. The molecule has 2 aliphatic rings. The van der Waals surface area contributed by atoms with Gasteiger partial charge in [0.15, 0.2) is 12.5 Å². The van der Waals surface area contributed by atoms with E-state index in [1.807, 2.05) is 0 Å². The highest BCUT2D eigenvalue weighted by Crippen LogP contribution is 2.67. The van der Waals surface area contributed by atoms with Gasteiger partial charge in [0.2, 0.25) is 11.8 Å². The number of benzene rings is 2. The fourth-order valence-electron chi connectivity index (χ4n) is 10.7. The molecule has 3 aromatic heterocycles. The van der Waals surface area contributed by atoms with Crippen LogP contribution in [0.4, 0.5) is 11.6 Å². The molecule has 0 saturated carbocycles. The molecule has 2 aliphatic heterocycles. The lowest BCUT2D eigenvalue weighted by Gasteiger charge is -2.22. The van der Waals surface area contributed by atoms with Gasteiger partial charge in [-0.25, -0.2) is 41.9 Å². The number of Topliss-reactive ketones (excluding diaryl/α,β-unsaturated/α-hetero) is 2. The normalized spacial score (nSPS) is 18.4. The standard InChI is InChI=1S/C33H43N12O18P3.C31H42N11O19P3/c1-21(46)5-3-10-38-33(48)22-6-2-8-24(13-22)58-18-28(42-44-36)57-12-11-56-17-27(47)37-9-4-7-23-15-45(32-30(23)31(34)39-19-40-32)29-14-25(59-20-41-43-35)26(61-29)16-60-65(52,53)63-66(54,55)62-64(49,50)51;1-20(43)5-3-10-36-30(45)21-6-2-8-23(13-21)56-18-27(39-41-34)55-12-11-54-17-26(44)35-9-4-7-22-15-42(31(46)38-29(22)32)28-14-24(57-19-37-40-33)25(59-28)16-58-63(50,51)61-64(52,53)60-62(47,48)49/h2,6,8,13,15,19,25-26,28-29H,3,5,9-12,14,16-18,20H2,1H3,(H,37,47)(H,38,48)(H,52,53)(H,54,55)(H2,34,39,40)(H2,49,50,51);2,6,8,13,15,24-25,27-28H,3,5,9-12,14,16-19H2,1H3,(H,35,44)(H,36,45)(H,50,51)(H,52,53)(H2,32,38,46)(H2,47,48,49)/p-1/t25-,26?,28?,29+;24-,25?,27?,28+/m11/s1. The lowest BCUT2D eigenvalue weighted by atomic mass is 10.2. The molecule has 0 bridgehead atoms. The molecule has 9 unspecified atom stereocenters. The Morgan fingerprint density at radius 2 is 1.05 bits per heavy atom. The first kappa shape index (κ1) is 108. The van der Waals surface area contributed by atoms with Crippen molar-refractivity contribution in [3.8, 4) is 35.2 Å². The van der Waals surface area contributed by atoms with Gasteiger partial charge in [0.25, 0.3) is 19.6 Å². The molecule has 2 saturated heterocycles. The van der Waals surface area contributed by atoms with Crippen LogP contribution >= 0.6 is 46.9 Å². The second kappa shape index (κ2) is 53.5. The van der Waals surface area contributed by atoms with Crippen LogP contribution in [0.15, 0.2) is 92.5 Å². The van der Waals surface area contributed by atoms with Crippen LogP contribution in [-0.4, -0.2) is 236 Å². The molecule has 7 rings (SSSR count). The van der Waals surface area contributed by atoms with Gasteiger partial charge in [0.1, 0.15) is 111 Å². The van der Waals surface area contributed by atoms with Gasteiger partial charge in [-0.05, 0) is 85.2 Å². The summed E-state index contributed by atoms with van der Waals surface area (Å²) in [5.74, 6) is 9.39. The maximum atomic E-state index is 12.8. The molecule has 2 aromatic carbocycles. The minimum absolute atomic E-state index is 0.0159. The Hall–Kier alpha value is -10.8. The molecule has 5 heterocycles. The molecule has 130 heavy (non-hydrogen) atoms. The molecule has 0 radical (unpaired) electrons. The predicted octanol–water partition coefficient (Wildman–Crippen LogP) is 3.41. The minimum Gasteiger partial charge on any atom is -0.756 e. The van der Waals surface area contributed by atoms with Crippen molar-refractivity contribution in [2.45, 2.75) is 102 Å². The smallest absolute Gasteiger partial charge is 0.490 e. The molecule has 4 amide bonds. The molecule has 5 aromatic rings. The first-order chi connectivity index (χ1) is 61.5. The fourth-order valence-corrected chi connectivity index (χ4v) is 16.8. The second-order valence-electron chi connectivity index (χ2n) is 25.9. The van der Waals surface area contributed by atoms with Gasteiger partial charge < -0.3 is 133 Å². The molecule has 0 spiro atoms. The van der Waals surface area contributed by atoms with Gasteiger partial charge in [-0.1, -0.05) is 56.3 Å². The van der Waals surface area contributed by atoms with Gasteiger partial charge in [-0.15, -0.1) is 0 Å². The molecule has 2 fully saturated rings. The Bertz CT molecular complexity index is 5490. The lowest BCUT2D eigenvalue weighted by molar-refractivity contribution is -0.212. The van der Waals surface area contributed by atoms with Crippen molar-refractivity contribution in [3.05, 3.63) is 142 Å². The third kappa shape index (κ3) is 40.7. The number of amides is 4. The number of carbonyl (C=O) groups is 6. The number of nitrogens with two attached hydrogens (primary N) is 2. The van der Waals surface area contributed by atoms with Crippen LogP contribution in [0.3, 0.4) is 0 Å². The van der Waals surface area contributed by atoms with Gasteiger partial charge in [0, 0.05) is 81.9 Å². The topological polar surface area (TPSA) is 878 Å². The van der Waals surface area contributed by atoms with Crippen molar-refractivity contribution in [1.82, 2.24) is 45.4 Å². The highest BCUT2D eigenvalue weighted by molar-refractivity contribution is 7.67. The third-order valence-electron chi connectivity index (χ3n) is 16.1. The summed E-state index contributed by atoms with van der Waals surface area (Å²) in [6.45, 7) is -1.36. The Balaban J connectivity index is 0.000000401. The number of nitrogens with one attached hydrogen (secondary N) is 4. The molecule has 708 valence electrons. The Kier molecular flexibility index (Phi) is 44.5. The van der Waals surface area contributed by atoms with Crippen LogP contribution in [0.1, 0.15) is 96.7 Å². The largest absolute Gasteiger partial charge is 0.756 e. The fraction of sp³-hybridized carbons (Fsp3) is 0.500. The SMILES string of the molecule is CC(=O)CCCNC(=O)c1cccc(OCC(N=[N+]=[N-])OCCOCC(=O)NCC#Cc2cn([C@@H]3C[C@@H](OCN=[N+]=[N-])C(COP(=O)(O)OP(=O)(O)OP(=O)(O)O)O3)c3ncnc(N)c23)c1.CC(=O)CCCNC(=O)c1cccc(OCC(N=[N+]=[N-])OCCOCC(=O)NCC#Cc2cn([C@@H]3C[C@@H](OCN=[N+]=[N-])C(COP(=O)(O)OP(=O)(O)OP(=O)([O-])O)O3)c(=O)nc2N)c1. The van der Waals surface area contributed by atoms with Gasteiger partial charge >= 0.3 is 44.8 Å². The van der Waals surface area contributed by atoms with Crippen molar-refractivity contribution in [2.24, 2.45) is 20.5 Å². The van der Waals surface area contributed by atoms with E-state index in [0.29, 0.717) is 61.4 Å². The van der Waals surface area contributed by atoms with Crippen LogP contribution < -0.4 is 52.8 Å². The summed E-state index contributed by atoms with van der Waals surface area (Å²) in [6.07, 6.45) is -4.02. The van der Waals surface area contributed by atoms with E-state index in [1.54, 1.807) is 36.4 Å². The number of rotatable bonds is 54. The molecular formula is C64H84N23O37P6-. The van der Waals surface area contributed by atoms with Crippen molar-refractivity contribution in [3.63, 3.8) is 0 Å². The quantitative estimate of drug-likeness (QED) is 0.00662. The highest BCUT2D eigenvalue weighted by Gasteiger charge is 2.46. The van der Waals surface area contributed by atoms with Crippen LogP contribution in [-0.2, 0) is 111 Å². The zero-order chi connectivity index (χ0) is 95.7. The van der Waals surface area contributed by atoms with E-state index in [0.717, 1.165) is 17.1 Å². The Morgan fingerprint density at radius 1 is 0.600 bits per heavy atom. The number of phosphoric acid groups is 6. The van der Waals surface area contributed by atoms with Crippen molar-refractivity contribution < 1.29 is 169 Å². The van der Waals surface area contributed by atoms with Crippen molar-refractivity contribution in [1.29, 1.82) is 0 Å². The van der Waals surface area contributed by atoms with Crippen molar-refractivity contribution in [2.75, 3.05) is 117 Å². The summed E-state index contributed by atoms with van der Waals surface area (Å²) in [7, 11) is -34.4. The maximum Gasteiger partial charge on any atom is 0.490 e. The average molecular weight is 1950 g/mol. The zero-order valence-corrected chi connectivity index (χ0v) is 73.2. The van der Waals surface area contributed by atoms with E-state index < -0.39 is 147 Å². The highest BCUT2D eigenvalue weighted by atomic mass is 31.3. The number of aromatic nitrogens is 5. The number of azide groups is 4. The number of ether oxygens (including phenoxy) is 10. The zero-order valence-electron chi connectivity index (χ0n) is 67.8. The van der Waals surface area contributed by atoms with Crippen LogP contribution in [0.5, 0.6) is 11.5 Å². The summed E-state index contributed by atoms with van der Waals surface area (Å²) in [4.78, 5) is 183. The molecule has 60 nitrogen and oxygen atoms in total. The van der Waals surface area contributed by atoms with E-state index in [2.05, 4.69) is 122 Å². The average Bonchev–Trinajstić information content (AvgIpc) is 1.61. The Morgan fingerprint density at radius 3 is 1.50 bits per heavy atom. The lowest BCUT2D eigenvalue weighted by Crippen LogP contribution is -2.30. The number of phosphoric ester groups is 2. The maximum absolute atomic E-state index is 12.8. The van der Waals surface area contributed by atoms with Crippen molar-refractivity contribution >= 4 is 105 Å². The van der Waals surface area contributed by atoms with Gasteiger partial charge in [-0.3, -0.25) is 37.4 Å². The second-order valence-corrected chi connectivity index (χ2v) is 34.7. The number of anilines is 2. The third-order valence-corrected chi connectivity index (χ3v) is 23.7. The number of carbonyl (C=O) groups excluding carboxylic acids is 6. The number of nitrogens with zero attached hydrogens (tertiary/aromatic N) is 17. The summed E-state index contributed by atoms with van der Waals surface area (Å²) >= 11 is 0. The number of nitrogen functional groups attached to an aromatic ring is 2. The summed E-state index contributed by atoms with van der Waals surface area (Å²) in [5, 5.41) is 24.3. The first-order valence-corrected chi connectivity index (χ1v) is 46.1. The number of hydrogen-bond donors (Lipinski definition) is 13. The van der Waals surface area contributed by atoms with E-state index in [9.17, 15) is 85.4 Å². The minimum atomic E-state index is -5.90. The van der Waals surface area contributed by atoms with Gasteiger partial charge in [0.05, 0.1) is 81.5 Å². The van der Waals surface area contributed by atoms with Gasteiger partial charge in [-0.2, -0.15) is 17.9 Å². The molecule has 0 aliphatic carbocycles. The molecule has 15 N–H and O–H groups in total. The molecule has 66 heteroatoms. The number of ketones is 2. The van der Waals surface area contributed by atoms with Crippen LogP contribution in [0.25, 0.3) is 52.8 Å². The molecular weight excluding hydrogens is 1870 g/mol. The summed E-state index contributed by atoms with van der Waals surface area (Å²) < 4.78 is 152. The molecule has 13 atom stereocenters. The Labute approximate surface area is 732 Å². The van der Waals surface area contributed by atoms with E-state index >= 15 is 0 Å². The van der Waals surface area contributed by atoms with E-state index in [1.165, 1.54) is 36.7 Å². The summed E-state index contributed by atoms with van der Waals surface area (Å²) in [5.41, 5.74) is 47.3. The van der Waals surface area contributed by atoms with E-state index in [-0.39, 0.29) is 129 Å². The first-order valence-electron chi connectivity index (χ1n) is 37.1. The van der Waals surface area contributed by atoms with Crippen LogP contribution in [0, 0.1) is 23.7 Å². The number of fused-ring (bicyclic) bond motifs is 1. The predicted molar refractivity (Wildman–Crippen MR) is 435 cm³/mol. The van der Waals surface area contributed by atoms with E-state index in [4.69, 9.17) is 100 Å². The monoisotopic (exact) mass is 1950 g/mol. The summed E-state index contributed by atoms with van der Waals surface area (Å²) in [6, 6.07) is 12.5. The van der Waals surface area contributed by atoms with Crippen LogP contribution in [0.2, 0.25) is 0 Å².